The Hall–Kier alpha value is -0.610. The molecule has 2 fully saturated rings. The molecule has 0 amide bonds. The summed E-state index contributed by atoms with van der Waals surface area (Å²) in [5.74, 6) is -0.614. The van der Waals surface area contributed by atoms with Crippen LogP contribution >= 0.6 is 0 Å². The number of aliphatic hydroxyl groups excluding tert-OH is 1. The third-order valence-electron chi connectivity index (χ3n) is 3.17. The summed E-state index contributed by atoms with van der Waals surface area (Å²) < 4.78 is 4.68. The second-order valence-corrected chi connectivity index (χ2v) is 4.21. The highest BCUT2D eigenvalue weighted by Crippen LogP contribution is 2.31. The molecule has 2 rings (SSSR count). The average molecular weight is 199 g/mol. The van der Waals surface area contributed by atoms with Crippen LogP contribution < -0.4 is 0 Å². The van der Waals surface area contributed by atoms with E-state index in [2.05, 4.69) is 9.64 Å². The molecule has 2 aliphatic rings. The van der Waals surface area contributed by atoms with Gasteiger partial charge in [-0.3, -0.25) is 9.69 Å². The molecule has 0 aromatic heterocycles. The van der Waals surface area contributed by atoms with Crippen molar-refractivity contribution in [1.82, 2.24) is 4.90 Å². The first-order valence-corrected chi connectivity index (χ1v) is 5.22. The van der Waals surface area contributed by atoms with Crippen LogP contribution in [0.3, 0.4) is 0 Å². The van der Waals surface area contributed by atoms with Gasteiger partial charge in [0.15, 0.2) is 0 Å². The third kappa shape index (κ3) is 1.91. The average Bonchev–Trinajstić information content (AvgIpc) is 3.01. The van der Waals surface area contributed by atoms with E-state index in [9.17, 15) is 9.90 Å². The standard InChI is InChI=1S/C10H17NO3/c1-14-10(13)8-6-11(7-2-3-7)5-4-9(8)12/h7-9,12H,2-6H2,1H3/t8-,9+/m0/s1. The zero-order valence-electron chi connectivity index (χ0n) is 8.48. The Morgan fingerprint density at radius 1 is 1.43 bits per heavy atom. The zero-order chi connectivity index (χ0) is 10.1. The molecule has 0 spiro atoms. The normalized spacial score (nSPS) is 34.1. The monoisotopic (exact) mass is 199 g/mol. The maximum Gasteiger partial charge on any atom is 0.312 e. The van der Waals surface area contributed by atoms with Gasteiger partial charge in [0.05, 0.1) is 19.1 Å². The molecule has 0 radical (unpaired) electrons. The SMILES string of the molecule is COC(=O)[C@H]1CN(C2CC2)CC[C@H]1O. The molecule has 0 aromatic carbocycles. The fourth-order valence-electron chi connectivity index (χ4n) is 2.12. The molecule has 0 aromatic rings. The number of rotatable bonds is 2. The molecule has 14 heavy (non-hydrogen) atoms. The smallest absolute Gasteiger partial charge is 0.312 e. The van der Waals surface area contributed by atoms with Crippen LogP contribution in [0, 0.1) is 5.92 Å². The number of carbonyl (C=O) groups excluding carboxylic acids is 1. The summed E-state index contributed by atoms with van der Waals surface area (Å²) >= 11 is 0. The van der Waals surface area contributed by atoms with Crippen molar-refractivity contribution < 1.29 is 14.6 Å². The van der Waals surface area contributed by atoms with Crippen LogP contribution in [0.1, 0.15) is 19.3 Å². The number of ether oxygens (including phenoxy) is 1. The molecule has 80 valence electrons. The molecule has 1 saturated carbocycles. The lowest BCUT2D eigenvalue weighted by Gasteiger charge is -2.34. The Morgan fingerprint density at radius 3 is 2.71 bits per heavy atom. The summed E-state index contributed by atoms with van der Waals surface area (Å²) in [5, 5.41) is 9.66. The number of aliphatic hydroxyl groups is 1. The van der Waals surface area contributed by atoms with E-state index in [-0.39, 0.29) is 11.9 Å². The second-order valence-electron chi connectivity index (χ2n) is 4.21. The summed E-state index contributed by atoms with van der Waals surface area (Å²) in [4.78, 5) is 13.7. The highest BCUT2D eigenvalue weighted by molar-refractivity contribution is 5.73. The van der Waals surface area contributed by atoms with Gasteiger partial charge < -0.3 is 9.84 Å². The van der Waals surface area contributed by atoms with Gasteiger partial charge in [-0.25, -0.2) is 0 Å². The van der Waals surface area contributed by atoms with Crippen molar-refractivity contribution in [3.8, 4) is 0 Å². The minimum atomic E-state index is -0.516. The minimum absolute atomic E-state index is 0.275. The van der Waals surface area contributed by atoms with E-state index in [1.165, 1.54) is 20.0 Å². The summed E-state index contributed by atoms with van der Waals surface area (Å²) in [6.07, 6.45) is 2.65. The summed E-state index contributed by atoms with van der Waals surface area (Å²) in [6.45, 7) is 1.58. The van der Waals surface area contributed by atoms with Crippen molar-refractivity contribution in [3.63, 3.8) is 0 Å². The topological polar surface area (TPSA) is 49.8 Å². The summed E-state index contributed by atoms with van der Waals surface area (Å²) in [6, 6.07) is 0.662. The van der Waals surface area contributed by atoms with Crippen LogP contribution in [0.2, 0.25) is 0 Å². The molecule has 1 N–H and O–H groups in total. The van der Waals surface area contributed by atoms with Crippen LogP contribution in [-0.4, -0.2) is 48.3 Å². The Labute approximate surface area is 83.8 Å². The number of carbonyl (C=O) groups is 1. The molecule has 2 atom stereocenters. The number of hydrogen-bond donors (Lipinski definition) is 1. The maximum absolute atomic E-state index is 11.4. The minimum Gasteiger partial charge on any atom is -0.469 e. The van der Waals surface area contributed by atoms with Crippen LogP contribution in [-0.2, 0) is 9.53 Å². The van der Waals surface area contributed by atoms with Gasteiger partial charge in [-0.15, -0.1) is 0 Å². The number of likely N-dealkylation sites (tertiary alicyclic amines) is 1. The predicted molar refractivity (Wildman–Crippen MR) is 50.7 cm³/mol. The van der Waals surface area contributed by atoms with Gasteiger partial charge in [0.2, 0.25) is 0 Å². The maximum atomic E-state index is 11.4. The third-order valence-corrected chi connectivity index (χ3v) is 3.17. The molecular weight excluding hydrogens is 182 g/mol. The van der Waals surface area contributed by atoms with Crippen LogP contribution in [0.25, 0.3) is 0 Å². The van der Waals surface area contributed by atoms with Crippen LogP contribution in [0.15, 0.2) is 0 Å². The zero-order valence-corrected chi connectivity index (χ0v) is 8.48. The van der Waals surface area contributed by atoms with E-state index >= 15 is 0 Å². The molecule has 1 aliphatic heterocycles. The number of methoxy groups -OCH3 is 1. The van der Waals surface area contributed by atoms with Crippen molar-refractivity contribution in [2.24, 2.45) is 5.92 Å². The lowest BCUT2D eigenvalue weighted by molar-refractivity contribution is -0.152. The summed E-state index contributed by atoms with van der Waals surface area (Å²) in [7, 11) is 1.38. The summed E-state index contributed by atoms with van der Waals surface area (Å²) in [5.41, 5.74) is 0. The fourth-order valence-corrected chi connectivity index (χ4v) is 2.12. The van der Waals surface area contributed by atoms with Gasteiger partial charge in [0.1, 0.15) is 0 Å². The lowest BCUT2D eigenvalue weighted by Crippen LogP contribution is -2.47. The first-order valence-electron chi connectivity index (χ1n) is 5.22. The van der Waals surface area contributed by atoms with Crippen molar-refractivity contribution >= 4 is 5.97 Å². The first kappa shape index (κ1) is 9.93. The van der Waals surface area contributed by atoms with E-state index in [4.69, 9.17) is 0 Å². The highest BCUT2D eigenvalue weighted by Gasteiger charge is 2.39. The van der Waals surface area contributed by atoms with E-state index < -0.39 is 6.10 Å². The number of hydrogen-bond acceptors (Lipinski definition) is 4. The van der Waals surface area contributed by atoms with Gasteiger partial charge in [0, 0.05) is 19.1 Å². The molecular formula is C10H17NO3. The number of esters is 1. The fraction of sp³-hybridized carbons (Fsp3) is 0.900. The molecule has 1 aliphatic carbocycles. The highest BCUT2D eigenvalue weighted by atomic mass is 16.5. The quantitative estimate of drug-likeness (QED) is 0.636. The first-order chi connectivity index (χ1) is 6.72. The Balaban J connectivity index is 1.95. The lowest BCUT2D eigenvalue weighted by atomic mass is 9.95. The largest absolute Gasteiger partial charge is 0.469 e. The van der Waals surface area contributed by atoms with E-state index in [0.29, 0.717) is 19.0 Å². The second kappa shape index (κ2) is 3.87. The van der Waals surface area contributed by atoms with Gasteiger partial charge in [-0.1, -0.05) is 0 Å². The van der Waals surface area contributed by atoms with Gasteiger partial charge in [-0.2, -0.15) is 0 Å². The van der Waals surface area contributed by atoms with Gasteiger partial charge in [-0.05, 0) is 19.3 Å². The number of nitrogens with zero attached hydrogens (tertiary/aromatic N) is 1. The van der Waals surface area contributed by atoms with Gasteiger partial charge in [0.25, 0.3) is 0 Å². The Bertz CT molecular complexity index is 227. The van der Waals surface area contributed by atoms with Crippen molar-refractivity contribution in [2.45, 2.75) is 31.4 Å². The van der Waals surface area contributed by atoms with Crippen molar-refractivity contribution in [2.75, 3.05) is 20.2 Å². The Kier molecular flexibility index (Phi) is 2.74. The Morgan fingerprint density at radius 2 is 2.14 bits per heavy atom. The van der Waals surface area contributed by atoms with E-state index in [1.54, 1.807) is 0 Å². The van der Waals surface area contributed by atoms with Crippen LogP contribution in [0.4, 0.5) is 0 Å². The van der Waals surface area contributed by atoms with E-state index in [0.717, 1.165) is 6.54 Å². The van der Waals surface area contributed by atoms with E-state index in [1.807, 2.05) is 0 Å². The molecule has 1 heterocycles. The van der Waals surface area contributed by atoms with Crippen molar-refractivity contribution in [3.05, 3.63) is 0 Å². The number of piperidine rings is 1. The molecule has 0 unspecified atom stereocenters. The van der Waals surface area contributed by atoms with Gasteiger partial charge >= 0.3 is 5.97 Å². The molecule has 1 saturated heterocycles. The van der Waals surface area contributed by atoms with Crippen molar-refractivity contribution in [1.29, 1.82) is 0 Å². The predicted octanol–water partition coefficient (Wildman–Crippen LogP) is 0.00460. The molecule has 4 nitrogen and oxygen atoms in total. The van der Waals surface area contributed by atoms with Crippen LogP contribution in [0.5, 0.6) is 0 Å². The molecule has 4 heteroatoms. The molecule has 0 bridgehead atoms.